The van der Waals surface area contributed by atoms with Crippen molar-refractivity contribution in [3.63, 3.8) is 0 Å². The lowest BCUT2D eigenvalue weighted by molar-refractivity contribution is 0.0747. The molecule has 150 valence electrons. The molecule has 0 radical (unpaired) electrons. The first kappa shape index (κ1) is 18.3. The molecule has 1 aliphatic rings. The monoisotopic (exact) mass is 398 g/mol. The predicted octanol–water partition coefficient (Wildman–Crippen LogP) is 3.04. The van der Waals surface area contributed by atoms with Gasteiger partial charge >= 0.3 is 0 Å². The molecule has 0 fully saturated rings. The van der Waals surface area contributed by atoms with E-state index in [1.807, 2.05) is 83.4 Å². The minimum Gasteiger partial charge on any atom is -0.335 e. The molecule has 1 amide bonds. The highest BCUT2D eigenvalue weighted by atomic mass is 16.2. The molecule has 0 saturated heterocycles. The fourth-order valence-electron chi connectivity index (χ4n) is 3.79. The molecule has 7 nitrogen and oxygen atoms in total. The molecule has 0 saturated carbocycles. The van der Waals surface area contributed by atoms with Crippen LogP contribution >= 0.6 is 0 Å². The minimum absolute atomic E-state index is 0.0128. The van der Waals surface area contributed by atoms with Crippen LogP contribution in [-0.2, 0) is 20.0 Å². The topological polar surface area (TPSA) is 68.8 Å². The molecule has 0 aliphatic carbocycles. The van der Waals surface area contributed by atoms with Gasteiger partial charge in [-0.25, -0.2) is 9.67 Å². The zero-order valence-corrected chi connectivity index (χ0v) is 16.8. The van der Waals surface area contributed by atoms with Crippen LogP contribution in [0.4, 0.5) is 0 Å². The van der Waals surface area contributed by atoms with Crippen LogP contribution in [0.15, 0.2) is 66.7 Å². The van der Waals surface area contributed by atoms with Crippen molar-refractivity contribution in [2.45, 2.75) is 13.0 Å². The smallest absolute Gasteiger partial charge is 0.272 e. The van der Waals surface area contributed by atoms with Crippen LogP contribution in [0.1, 0.15) is 16.3 Å². The number of benzene rings is 2. The molecular weight excluding hydrogens is 376 g/mol. The van der Waals surface area contributed by atoms with Crippen molar-refractivity contribution in [1.29, 1.82) is 0 Å². The Hall–Kier alpha value is -3.74. The summed E-state index contributed by atoms with van der Waals surface area (Å²) in [5.41, 5.74) is 3.40. The molecule has 4 aromatic rings. The predicted molar refractivity (Wildman–Crippen MR) is 114 cm³/mol. The summed E-state index contributed by atoms with van der Waals surface area (Å²) in [5, 5.41) is 9.19. The van der Waals surface area contributed by atoms with Crippen molar-refractivity contribution in [3.05, 3.63) is 78.2 Å². The van der Waals surface area contributed by atoms with Crippen LogP contribution in [0.25, 0.3) is 22.6 Å². The van der Waals surface area contributed by atoms with Gasteiger partial charge in [-0.3, -0.25) is 9.48 Å². The van der Waals surface area contributed by atoms with Gasteiger partial charge in [0.25, 0.3) is 5.91 Å². The van der Waals surface area contributed by atoms with Crippen LogP contribution in [-0.4, -0.2) is 48.4 Å². The van der Waals surface area contributed by atoms with Crippen molar-refractivity contribution < 1.29 is 4.79 Å². The SMILES string of the molecule is Cn1nc(-c2ccccc2)cc1C(=O)N1CCc2nc(-c3ccccc3)nn2CC1. The van der Waals surface area contributed by atoms with Gasteiger partial charge in [0.1, 0.15) is 11.5 Å². The summed E-state index contributed by atoms with van der Waals surface area (Å²) in [6.07, 6.45) is 0.676. The summed E-state index contributed by atoms with van der Waals surface area (Å²) in [4.78, 5) is 19.8. The highest BCUT2D eigenvalue weighted by molar-refractivity contribution is 5.93. The number of hydrogen-bond donors (Lipinski definition) is 0. The summed E-state index contributed by atoms with van der Waals surface area (Å²) in [6.45, 7) is 1.83. The quantitative estimate of drug-likeness (QED) is 0.532. The largest absolute Gasteiger partial charge is 0.335 e. The van der Waals surface area contributed by atoms with Crippen molar-refractivity contribution >= 4 is 5.91 Å². The second-order valence-corrected chi connectivity index (χ2v) is 7.39. The Kier molecular flexibility index (Phi) is 4.63. The molecular formula is C23H22N6O. The number of rotatable bonds is 3. The number of carbonyl (C=O) groups is 1. The third-order valence-electron chi connectivity index (χ3n) is 5.42. The third kappa shape index (κ3) is 3.39. The first-order chi connectivity index (χ1) is 14.7. The molecule has 7 heteroatoms. The van der Waals surface area contributed by atoms with Crippen LogP contribution in [0.2, 0.25) is 0 Å². The van der Waals surface area contributed by atoms with E-state index in [0.29, 0.717) is 31.7 Å². The van der Waals surface area contributed by atoms with Gasteiger partial charge in [0.05, 0.1) is 12.2 Å². The van der Waals surface area contributed by atoms with Gasteiger partial charge in [0, 0.05) is 37.7 Å². The van der Waals surface area contributed by atoms with Gasteiger partial charge in [-0.2, -0.15) is 10.2 Å². The van der Waals surface area contributed by atoms with Crippen molar-refractivity contribution in [1.82, 2.24) is 29.4 Å². The molecule has 0 bridgehead atoms. The number of aromatic nitrogens is 5. The summed E-state index contributed by atoms with van der Waals surface area (Å²) in [6, 6.07) is 21.7. The van der Waals surface area contributed by atoms with E-state index in [1.54, 1.807) is 4.68 Å². The molecule has 5 rings (SSSR count). The maximum atomic E-state index is 13.2. The maximum Gasteiger partial charge on any atom is 0.272 e. The fraction of sp³-hybridized carbons (Fsp3) is 0.217. The molecule has 3 heterocycles. The summed E-state index contributed by atoms with van der Waals surface area (Å²) >= 11 is 0. The first-order valence-electron chi connectivity index (χ1n) is 10.1. The molecule has 0 atom stereocenters. The van der Waals surface area contributed by atoms with Crippen molar-refractivity contribution in [3.8, 4) is 22.6 Å². The van der Waals surface area contributed by atoms with E-state index in [-0.39, 0.29) is 5.91 Å². The van der Waals surface area contributed by atoms with Gasteiger partial charge in [0.2, 0.25) is 0 Å². The lowest BCUT2D eigenvalue weighted by Gasteiger charge is -2.19. The first-order valence-corrected chi connectivity index (χ1v) is 10.1. The summed E-state index contributed by atoms with van der Waals surface area (Å²) in [7, 11) is 1.82. The molecule has 30 heavy (non-hydrogen) atoms. The highest BCUT2D eigenvalue weighted by Gasteiger charge is 2.24. The molecule has 2 aromatic carbocycles. The van der Waals surface area contributed by atoms with E-state index in [0.717, 1.165) is 28.5 Å². The zero-order chi connectivity index (χ0) is 20.5. The van der Waals surface area contributed by atoms with E-state index >= 15 is 0 Å². The average Bonchev–Trinajstić information content (AvgIpc) is 3.32. The lowest BCUT2D eigenvalue weighted by atomic mass is 10.1. The Labute approximate surface area is 174 Å². The number of amides is 1. The van der Waals surface area contributed by atoms with Crippen molar-refractivity contribution in [2.75, 3.05) is 13.1 Å². The van der Waals surface area contributed by atoms with E-state index in [2.05, 4.69) is 10.2 Å². The highest BCUT2D eigenvalue weighted by Crippen LogP contribution is 2.21. The van der Waals surface area contributed by atoms with E-state index < -0.39 is 0 Å². The number of nitrogens with zero attached hydrogens (tertiary/aromatic N) is 6. The molecule has 1 aliphatic heterocycles. The standard InChI is InChI=1S/C23H22N6O/c1-27-20(16-19(25-27)17-8-4-2-5-9-17)23(30)28-13-12-21-24-22(26-29(21)15-14-28)18-10-6-3-7-11-18/h2-11,16H,12-15H2,1H3. The average molecular weight is 398 g/mol. The summed E-state index contributed by atoms with van der Waals surface area (Å²) < 4.78 is 3.59. The Morgan fingerprint density at radius 1 is 0.867 bits per heavy atom. The Morgan fingerprint density at radius 2 is 1.57 bits per heavy atom. The van der Waals surface area contributed by atoms with E-state index in [9.17, 15) is 4.79 Å². The molecule has 0 unspecified atom stereocenters. The van der Waals surface area contributed by atoms with Gasteiger partial charge in [-0.1, -0.05) is 60.7 Å². The van der Waals surface area contributed by atoms with Crippen LogP contribution in [0, 0.1) is 0 Å². The minimum atomic E-state index is -0.0128. The van der Waals surface area contributed by atoms with Crippen LogP contribution in [0.3, 0.4) is 0 Å². The van der Waals surface area contributed by atoms with Crippen LogP contribution < -0.4 is 0 Å². The Morgan fingerprint density at radius 3 is 2.30 bits per heavy atom. The van der Waals surface area contributed by atoms with E-state index in [4.69, 9.17) is 4.98 Å². The van der Waals surface area contributed by atoms with Gasteiger partial charge in [0.15, 0.2) is 5.82 Å². The normalized spacial score (nSPS) is 13.7. The zero-order valence-electron chi connectivity index (χ0n) is 16.8. The number of aryl methyl sites for hydroxylation is 1. The second-order valence-electron chi connectivity index (χ2n) is 7.39. The number of hydrogen-bond acceptors (Lipinski definition) is 4. The molecule has 0 N–H and O–H groups in total. The third-order valence-corrected chi connectivity index (χ3v) is 5.42. The fourth-order valence-corrected chi connectivity index (χ4v) is 3.79. The second kappa shape index (κ2) is 7.59. The number of fused-ring (bicyclic) bond motifs is 1. The molecule has 2 aromatic heterocycles. The maximum absolute atomic E-state index is 13.2. The van der Waals surface area contributed by atoms with Gasteiger partial charge in [-0.05, 0) is 6.07 Å². The number of carbonyl (C=O) groups excluding carboxylic acids is 1. The lowest BCUT2D eigenvalue weighted by Crippen LogP contribution is -2.34. The molecule has 0 spiro atoms. The van der Waals surface area contributed by atoms with Gasteiger partial charge in [-0.15, -0.1) is 0 Å². The summed E-state index contributed by atoms with van der Waals surface area (Å²) in [5.74, 6) is 1.64. The van der Waals surface area contributed by atoms with E-state index in [1.165, 1.54) is 0 Å². The Bertz CT molecular complexity index is 1150. The Balaban J connectivity index is 1.33. The van der Waals surface area contributed by atoms with Crippen LogP contribution in [0.5, 0.6) is 0 Å². The van der Waals surface area contributed by atoms with Gasteiger partial charge < -0.3 is 4.90 Å². The van der Waals surface area contributed by atoms with Crippen molar-refractivity contribution in [2.24, 2.45) is 7.05 Å².